The van der Waals surface area contributed by atoms with Crippen LogP contribution in [0.2, 0.25) is 0 Å². The molecule has 0 saturated carbocycles. The molecule has 0 saturated heterocycles. The highest BCUT2D eigenvalue weighted by Gasteiger charge is 2.20. The molecular weight excluding hydrogens is 358 g/mol. The number of amides is 2. The van der Waals surface area contributed by atoms with Gasteiger partial charge in [-0.05, 0) is 24.6 Å². The second-order valence-corrected chi connectivity index (χ2v) is 5.84. The van der Waals surface area contributed by atoms with E-state index in [0.29, 0.717) is 11.4 Å². The van der Waals surface area contributed by atoms with Gasteiger partial charge in [0.05, 0.1) is 5.69 Å². The van der Waals surface area contributed by atoms with Crippen LogP contribution in [0, 0.1) is 0 Å². The van der Waals surface area contributed by atoms with E-state index in [1.165, 1.54) is 19.3 Å². The van der Waals surface area contributed by atoms with Crippen LogP contribution in [0.1, 0.15) is 45.1 Å². The monoisotopic (exact) mass is 381 g/mol. The quantitative estimate of drug-likeness (QED) is 0.479. The van der Waals surface area contributed by atoms with Crippen molar-refractivity contribution in [2.75, 3.05) is 14.2 Å². The lowest BCUT2D eigenvalue weighted by atomic mass is 10.0. The maximum absolute atomic E-state index is 12.7. The third-order valence-corrected chi connectivity index (χ3v) is 3.86. The SMILES string of the molecule is C=NN/C=C(\C)NC(=O)c1cc(C(=O)NC)nc([C@H](OC)c2ccccc2)c1. The van der Waals surface area contributed by atoms with Crippen LogP contribution in [0.5, 0.6) is 0 Å². The topological polar surface area (TPSA) is 105 Å². The van der Waals surface area contributed by atoms with Crippen molar-refractivity contribution in [3.63, 3.8) is 0 Å². The molecule has 28 heavy (non-hydrogen) atoms. The minimum absolute atomic E-state index is 0.121. The fourth-order valence-electron chi connectivity index (χ4n) is 2.55. The highest BCUT2D eigenvalue weighted by Crippen LogP contribution is 2.25. The summed E-state index contributed by atoms with van der Waals surface area (Å²) in [7, 11) is 3.05. The van der Waals surface area contributed by atoms with Crippen molar-refractivity contribution >= 4 is 18.5 Å². The highest BCUT2D eigenvalue weighted by molar-refractivity contribution is 5.99. The molecule has 146 valence electrons. The molecule has 0 spiro atoms. The van der Waals surface area contributed by atoms with Crippen LogP contribution in [0.4, 0.5) is 0 Å². The number of nitrogens with one attached hydrogen (secondary N) is 3. The molecule has 3 N–H and O–H groups in total. The van der Waals surface area contributed by atoms with Crippen LogP contribution < -0.4 is 16.1 Å². The Kier molecular flexibility index (Phi) is 7.41. The van der Waals surface area contributed by atoms with Gasteiger partial charge in [0.15, 0.2) is 0 Å². The van der Waals surface area contributed by atoms with Crippen molar-refractivity contribution < 1.29 is 14.3 Å². The number of benzene rings is 1. The van der Waals surface area contributed by atoms with Crippen molar-refractivity contribution in [1.29, 1.82) is 0 Å². The third-order valence-electron chi connectivity index (χ3n) is 3.86. The van der Waals surface area contributed by atoms with Gasteiger partial charge in [0.1, 0.15) is 11.8 Å². The number of nitrogens with zero attached hydrogens (tertiary/aromatic N) is 2. The number of carbonyl (C=O) groups is 2. The predicted octanol–water partition coefficient (Wildman–Crippen LogP) is 1.97. The molecule has 0 aliphatic carbocycles. The summed E-state index contributed by atoms with van der Waals surface area (Å²) in [6.45, 7) is 4.99. The molecule has 8 heteroatoms. The summed E-state index contributed by atoms with van der Waals surface area (Å²) in [5.41, 5.74) is 4.78. The summed E-state index contributed by atoms with van der Waals surface area (Å²) in [6.07, 6.45) is 0.967. The molecule has 2 aromatic rings. The molecule has 1 heterocycles. The molecule has 1 aromatic carbocycles. The Morgan fingerprint density at radius 3 is 2.54 bits per heavy atom. The standard InChI is InChI=1S/C20H23N5O3/c1-13(12-23-22-3)24-19(26)15-10-16(25-17(11-15)20(27)21-2)18(28-4)14-8-6-5-7-9-14/h5-12,18,23H,3H2,1-2,4H3,(H,21,27)(H,24,26)/b13-12+/t18-/m1/s1. The second-order valence-electron chi connectivity index (χ2n) is 5.84. The summed E-state index contributed by atoms with van der Waals surface area (Å²) in [4.78, 5) is 29.2. The molecule has 0 fully saturated rings. The molecule has 0 radical (unpaired) electrons. The van der Waals surface area contributed by atoms with Gasteiger partial charge in [0.2, 0.25) is 0 Å². The van der Waals surface area contributed by atoms with E-state index in [1.807, 2.05) is 30.3 Å². The zero-order valence-electron chi connectivity index (χ0n) is 16.0. The minimum atomic E-state index is -0.527. The number of hydrogen-bond acceptors (Lipinski definition) is 6. The van der Waals surface area contributed by atoms with Crippen LogP contribution in [0.25, 0.3) is 0 Å². The van der Waals surface area contributed by atoms with E-state index in [1.54, 1.807) is 20.1 Å². The number of hydrogen-bond donors (Lipinski definition) is 3. The van der Waals surface area contributed by atoms with Crippen molar-refractivity contribution in [1.82, 2.24) is 21.0 Å². The zero-order chi connectivity index (χ0) is 20.5. The van der Waals surface area contributed by atoms with Gasteiger partial charge < -0.3 is 15.4 Å². The Labute approximate surface area is 163 Å². The molecule has 1 aromatic heterocycles. The van der Waals surface area contributed by atoms with Crippen molar-refractivity contribution in [3.05, 3.63) is 76.9 Å². The van der Waals surface area contributed by atoms with E-state index < -0.39 is 17.9 Å². The predicted molar refractivity (Wildman–Crippen MR) is 107 cm³/mol. The smallest absolute Gasteiger partial charge is 0.269 e. The van der Waals surface area contributed by atoms with Crippen LogP contribution in [-0.4, -0.2) is 37.7 Å². The molecular formula is C20H23N5O3. The maximum Gasteiger partial charge on any atom is 0.269 e. The number of allylic oxidation sites excluding steroid dienone is 1. The van der Waals surface area contributed by atoms with E-state index >= 15 is 0 Å². The first-order valence-corrected chi connectivity index (χ1v) is 8.51. The number of hydrazone groups is 1. The van der Waals surface area contributed by atoms with Gasteiger partial charge in [0.25, 0.3) is 11.8 Å². The first-order chi connectivity index (χ1) is 13.5. The van der Waals surface area contributed by atoms with Crippen LogP contribution in [0.3, 0.4) is 0 Å². The summed E-state index contributed by atoms with van der Waals surface area (Å²) in [6, 6.07) is 12.5. The lowest BCUT2D eigenvalue weighted by Gasteiger charge is -2.17. The number of carbonyl (C=O) groups excluding carboxylic acids is 2. The molecule has 0 bridgehead atoms. The van der Waals surface area contributed by atoms with Crippen LogP contribution in [0.15, 0.2) is 59.5 Å². The Balaban J connectivity index is 2.46. The molecule has 2 rings (SSSR count). The number of rotatable bonds is 8. The summed E-state index contributed by atoms with van der Waals surface area (Å²) in [5, 5.41) is 8.71. The van der Waals surface area contributed by atoms with Gasteiger partial charge in [-0.2, -0.15) is 5.10 Å². The van der Waals surface area contributed by atoms with Crippen LogP contribution in [-0.2, 0) is 4.74 Å². The highest BCUT2D eigenvalue weighted by atomic mass is 16.5. The number of pyridine rings is 1. The summed E-state index contributed by atoms with van der Waals surface area (Å²) >= 11 is 0. The zero-order valence-corrected chi connectivity index (χ0v) is 16.0. The van der Waals surface area contributed by atoms with Gasteiger partial charge in [-0.15, -0.1) is 0 Å². The maximum atomic E-state index is 12.7. The van der Waals surface area contributed by atoms with E-state index in [4.69, 9.17) is 4.74 Å². The van der Waals surface area contributed by atoms with Gasteiger partial charge >= 0.3 is 0 Å². The van der Waals surface area contributed by atoms with Gasteiger partial charge in [-0.1, -0.05) is 30.3 Å². The Morgan fingerprint density at radius 1 is 1.21 bits per heavy atom. The van der Waals surface area contributed by atoms with E-state index in [-0.39, 0.29) is 11.3 Å². The number of aromatic nitrogens is 1. The fourth-order valence-corrected chi connectivity index (χ4v) is 2.55. The second kappa shape index (κ2) is 9.98. The van der Waals surface area contributed by atoms with Crippen molar-refractivity contribution in [2.24, 2.45) is 5.10 Å². The lowest BCUT2D eigenvalue weighted by molar-refractivity contribution is 0.0955. The Hall–Kier alpha value is -3.52. The fraction of sp³-hybridized carbons (Fsp3) is 0.200. The largest absolute Gasteiger partial charge is 0.370 e. The Morgan fingerprint density at radius 2 is 1.93 bits per heavy atom. The number of methoxy groups -OCH3 is 1. The molecule has 8 nitrogen and oxygen atoms in total. The first kappa shape index (κ1) is 20.8. The summed E-state index contributed by atoms with van der Waals surface area (Å²) in [5.74, 6) is -0.792. The molecule has 1 atom stereocenters. The van der Waals surface area contributed by atoms with E-state index in [0.717, 1.165) is 5.56 Å². The van der Waals surface area contributed by atoms with Gasteiger partial charge in [-0.3, -0.25) is 15.0 Å². The van der Waals surface area contributed by atoms with E-state index in [2.05, 4.69) is 32.9 Å². The Bertz CT molecular complexity index is 881. The van der Waals surface area contributed by atoms with Gasteiger partial charge in [-0.25, -0.2) is 4.98 Å². The third kappa shape index (κ3) is 5.24. The normalized spacial score (nSPS) is 12.0. The van der Waals surface area contributed by atoms with E-state index in [9.17, 15) is 9.59 Å². The van der Waals surface area contributed by atoms with Crippen molar-refractivity contribution in [3.8, 4) is 0 Å². The van der Waals surface area contributed by atoms with Gasteiger partial charge in [0, 0.05) is 38.3 Å². The average Bonchev–Trinajstić information content (AvgIpc) is 2.72. The van der Waals surface area contributed by atoms with Crippen LogP contribution >= 0.6 is 0 Å². The lowest BCUT2D eigenvalue weighted by Crippen LogP contribution is -2.25. The molecule has 0 aliphatic rings. The first-order valence-electron chi connectivity index (χ1n) is 8.51. The minimum Gasteiger partial charge on any atom is -0.370 e. The number of ether oxygens (including phenoxy) is 1. The molecule has 0 aliphatic heterocycles. The average molecular weight is 381 g/mol. The molecule has 2 amide bonds. The summed E-state index contributed by atoms with van der Waals surface area (Å²) < 4.78 is 5.59. The van der Waals surface area contributed by atoms with Crippen molar-refractivity contribution in [2.45, 2.75) is 13.0 Å². The molecule has 0 unspecified atom stereocenters.